The summed E-state index contributed by atoms with van der Waals surface area (Å²) >= 11 is 0. The van der Waals surface area contributed by atoms with Gasteiger partial charge in [0.2, 0.25) is 0 Å². The van der Waals surface area contributed by atoms with Crippen LogP contribution in [0.25, 0.3) is 10.9 Å². The van der Waals surface area contributed by atoms with Gasteiger partial charge < -0.3 is 5.32 Å². The molecule has 4 nitrogen and oxygen atoms in total. The molecule has 25 heavy (non-hydrogen) atoms. The number of halogens is 1. The Morgan fingerprint density at radius 3 is 2.44 bits per heavy atom. The van der Waals surface area contributed by atoms with Gasteiger partial charge in [-0.1, -0.05) is 30.3 Å². The van der Waals surface area contributed by atoms with Crippen LogP contribution < -0.4 is 5.32 Å². The Morgan fingerprint density at radius 1 is 1.00 bits per heavy atom. The molecule has 0 radical (unpaired) electrons. The van der Waals surface area contributed by atoms with E-state index in [9.17, 15) is 12.8 Å². The van der Waals surface area contributed by atoms with Crippen molar-refractivity contribution in [1.82, 2.24) is 9.29 Å². The normalized spacial score (nSPS) is 16.4. The van der Waals surface area contributed by atoms with E-state index < -0.39 is 15.8 Å². The quantitative estimate of drug-likeness (QED) is 0.780. The number of piperidine rings is 1. The number of rotatable bonds is 3. The summed E-state index contributed by atoms with van der Waals surface area (Å²) in [6.45, 7) is 1.84. The van der Waals surface area contributed by atoms with Crippen LogP contribution >= 0.6 is 0 Å². The minimum atomic E-state index is -3.99. The first-order valence-electron chi connectivity index (χ1n) is 8.40. The zero-order chi connectivity index (χ0) is 17.4. The predicted octanol–water partition coefficient (Wildman–Crippen LogP) is 3.48. The number of para-hydroxylation sites is 1. The SMILES string of the molecule is O=S(=O)(c1ccccc1F)n1cc(C2CCNCC2)c2ccccc21. The van der Waals surface area contributed by atoms with Crippen LogP contribution in [-0.4, -0.2) is 25.5 Å². The van der Waals surface area contributed by atoms with Crippen molar-refractivity contribution in [2.75, 3.05) is 13.1 Å². The zero-order valence-corrected chi connectivity index (χ0v) is 14.5. The molecule has 1 N–H and O–H groups in total. The van der Waals surface area contributed by atoms with Crippen LogP contribution in [0.1, 0.15) is 24.3 Å². The third-order valence-electron chi connectivity index (χ3n) is 4.86. The molecule has 0 unspecified atom stereocenters. The summed E-state index contributed by atoms with van der Waals surface area (Å²) in [4.78, 5) is -0.299. The van der Waals surface area contributed by atoms with E-state index in [1.54, 1.807) is 12.3 Å². The van der Waals surface area contributed by atoms with E-state index in [0.717, 1.165) is 36.9 Å². The smallest absolute Gasteiger partial charge is 0.271 e. The molecule has 0 bridgehead atoms. The number of nitrogens with one attached hydrogen (secondary N) is 1. The van der Waals surface area contributed by atoms with Gasteiger partial charge in [-0.15, -0.1) is 0 Å². The van der Waals surface area contributed by atoms with Crippen molar-refractivity contribution in [3.8, 4) is 0 Å². The van der Waals surface area contributed by atoms with Crippen molar-refractivity contribution in [3.05, 3.63) is 66.1 Å². The van der Waals surface area contributed by atoms with Gasteiger partial charge in [0.25, 0.3) is 10.0 Å². The summed E-state index contributed by atoms with van der Waals surface area (Å²) in [6, 6.07) is 12.9. The molecule has 0 saturated carbocycles. The summed E-state index contributed by atoms with van der Waals surface area (Å²) in [5, 5.41) is 4.25. The standard InChI is InChI=1S/C19H19FN2O2S/c20-17-6-2-4-8-19(17)25(23,24)22-13-16(14-9-11-21-12-10-14)15-5-1-3-7-18(15)22/h1-8,13-14,21H,9-12H2. The molecule has 1 aliphatic rings. The molecular formula is C19H19FN2O2S. The average molecular weight is 358 g/mol. The van der Waals surface area contributed by atoms with Crippen molar-refractivity contribution in [2.45, 2.75) is 23.7 Å². The maximum absolute atomic E-state index is 14.1. The lowest BCUT2D eigenvalue weighted by Crippen LogP contribution is -2.26. The molecule has 0 spiro atoms. The van der Waals surface area contributed by atoms with Gasteiger partial charge in [-0.3, -0.25) is 0 Å². The molecule has 4 rings (SSSR count). The third kappa shape index (κ3) is 2.75. The highest BCUT2D eigenvalue weighted by Crippen LogP contribution is 2.34. The molecule has 1 aromatic heterocycles. The van der Waals surface area contributed by atoms with E-state index in [4.69, 9.17) is 0 Å². The molecule has 0 atom stereocenters. The first kappa shape index (κ1) is 16.3. The van der Waals surface area contributed by atoms with Crippen LogP contribution in [0.15, 0.2) is 59.6 Å². The lowest BCUT2D eigenvalue weighted by molar-refractivity contribution is 0.462. The molecule has 3 aromatic rings. The monoisotopic (exact) mass is 358 g/mol. The fourth-order valence-corrected chi connectivity index (χ4v) is 5.04. The molecule has 1 saturated heterocycles. The van der Waals surface area contributed by atoms with Crippen molar-refractivity contribution >= 4 is 20.9 Å². The Bertz CT molecular complexity index is 1020. The number of aromatic nitrogens is 1. The van der Waals surface area contributed by atoms with Gasteiger partial charge >= 0.3 is 0 Å². The summed E-state index contributed by atoms with van der Waals surface area (Å²) in [5.74, 6) is -0.424. The van der Waals surface area contributed by atoms with E-state index in [1.807, 2.05) is 18.2 Å². The minimum Gasteiger partial charge on any atom is -0.317 e. The summed E-state index contributed by atoms with van der Waals surface area (Å²) in [5.41, 5.74) is 1.62. The van der Waals surface area contributed by atoms with Crippen molar-refractivity contribution in [3.63, 3.8) is 0 Å². The fourth-order valence-electron chi connectivity index (χ4n) is 3.59. The molecule has 2 aromatic carbocycles. The maximum atomic E-state index is 14.1. The average Bonchev–Trinajstić information content (AvgIpc) is 3.03. The second-order valence-corrected chi connectivity index (χ2v) is 8.14. The Morgan fingerprint density at radius 2 is 1.68 bits per heavy atom. The predicted molar refractivity (Wildman–Crippen MR) is 95.8 cm³/mol. The number of benzene rings is 2. The van der Waals surface area contributed by atoms with Gasteiger partial charge in [0, 0.05) is 11.6 Å². The lowest BCUT2D eigenvalue weighted by Gasteiger charge is -2.22. The Hall–Kier alpha value is -2.18. The second-order valence-electron chi connectivity index (χ2n) is 6.36. The summed E-state index contributed by atoms with van der Waals surface area (Å²) in [6.07, 6.45) is 3.62. The lowest BCUT2D eigenvalue weighted by atomic mass is 9.90. The number of hydrogen-bond donors (Lipinski definition) is 1. The van der Waals surface area contributed by atoms with E-state index in [-0.39, 0.29) is 4.90 Å². The number of hydrogen-bond acceptors (Lipinski definition) is 3. The molecule has 1 aliphatic heterocycles. The van der Waals surface area contributed by atoms with Crippen molar-refractivity contribution in [1.29, 1.82) is 0 Å². The van der Waals surface area contributed by atoms with Crippen molar-refractivity contribution < 1.29 is 12.8 Å². The highest BCUT2D eigenvalue weighted by Gasteiger charge is 2.26. The molecule has 130 valence electrons. The fraction of sp³-hybridized carbons (Fsp3) is 0.263. The molecule has 0 amide bonds. The van der Waals surface area contributed by atoms with Gasteiger partial charge in [0.1, 0.15) is 10.7 Å². The number of fused-ring (bicyclic) bond motifs is 1. The van der Waals surface area contributed by atoms with Crippen LogP contribution in [0, 0.1) is 5.82 Å². The van der Waals surface area contributed by atoms with Crippen LogP contribution in [-0.2, 0) is 10.0 Å². The van der Waals surface area contributed by atoms with E-state index in [1.165, 1.54) is 28.2 Å². The van der Waals surface area contributed by atoms with Gasteiger partial charge in [-0.25, -0.2) is 16.8 Å². The van der Waals surface area contributed by atoms with Crippen LogP contribution in [0.5, 0.6) is 0 Å². The van der Waals surface area contributed by atoms with Gasteiger partial charge in [0.15, 0.2) is 0 Å². The van der Waals surface area contributed by atoms with E-state index in [2.05, 4.69) is 5.32 Å². The Kier molecular flexibility index (Phi) is 4.09. The van der Waals surface area contributed by atoms with Gasteiger partial charge in [-0.2, -0.15) is 0 Å². The zero-order valence-electron chi connectivity index (χ0n) is 13.7. The highest BCUT2D eigenvalue weighted by atomic mass is 32.2. The Balaban J connectivity index is 1.92. The van der Waals surface area contributed by atoms with Gasteiger partial charge in [-0.05, 0) is 55.6 Å². The molecule has 1 fully saturated rings. The molecule has 6 heteroatoms. The van der Waals surface area contributed by atoms with Crippen LogP contribution in [0.3, 0.4) is 0 Å². The molecule has 2 heterocycles. The van der Waals surface area contributed by atoms with E-state index >= 15 is 0 Å². The minimum absolute atomic E-state index is 0.299. The highest BCUT2D eigenvalue weighted by molar-refractivity contribution is 7.90. The first-order valence-corrected chi connectivity index (χ1v) is 9.84. The topological polar surface area (TPSA) is 51.1 Å². The first-order chi connectivity index (χ1) is 12.1. The summed E-state index contributed by atoms with van der Waals surface area (Å²) in [7, 11) is -3.99. The molecular weight excluding hydrogens is 339 g/mol. The van der Waals surface area contributed by atoms with Crippen LogP contribution in [0.2, 0.25) is 0 Å². The molecule has 0 aliphatic carbocycles. The van der Waals surface area contributed by atoms with Crippen LogP contribution in [0.4, 0.5) is 4.39 Å². The summed E-state index contributed by atoms with van der Waals surface area (Å²) < 4.78 is 41.5. The van der Waals surface area contributed by atoms with Crippen molar-refractivity contribution in [2.24, 2.45) is 0 Å². The second kappa shape index (κ2) is 6.28. The largest absolute Gasteiger partial charge is 0.317 e. The third-order valence-corrected chi connectivity index (χ3v) is 6.57. The number of nitrogens with zero attached hydrogens (tertiary/aromatic N) is 1. The Labute approximate surface area is 146 Å². The van der Waals surface area contributed by atoms with E-state index in [0.29, 0.717) is 11.4 Å². The maximum Gasteiger partial charge on any atom is 0.271 e. The van der Waals surface area contributed by atoms with Gasteiger partial charge in [0.05, 0.1) is 5.52 Å².